The largest absolute Gasteiger partial charge is 0.382 e. The summed E-state index contributed by atoms with van der Waals surface area (Å²) in [5.41, 5.74) is 4.22. The van der Waals surface area contributed by atoms with Crippen molar-refractivity contribution < 1.29 is 9.18 Å². The van der Waals surface area contributed by atoms with Crippen LogP contribution in [0.2, 0.25) is 0 Å². The number of likely N-dealkylation sites (tertiary alicyclic amines) is 1. The Morgan fingerprint density at radius 3 is 2.47 bits per heavy atom. The molecule has 1 amide bonds. The fraction of sp³-hybridized carbons (Fsp3) is 0.296. The van der Waals surface area contributed by atoms with Gasteiger partial charge in [-0.3, -0.25) is 9.69 Å². The Morgan fingerprint density at radius 1 is 0.969 bits per heavy atom. The molecule has 0 aliphatic carbocycles. The average molecular weight is 432 g/mol. The SMILES string of the molecule is CC(=O)Nc1ccc(CN2CC[C@@H](Nc3cccc(F)c3)[C@@H](Cc3ccccc3)C2)cc1. The lowest BCUT2D eigenvalue weighted by atomic mass is 9.86. The highest BCUT2D eigenvalue weighted by molar-refractivity contribution is 5.88. The maximum Gasteiger partial charge on any atom is 0.221 e. The van der Waals surface area contributed by atoms with Crippen LogP contribution in [0.3, 0.4) is 0 Å². The quantitative estimate of drug-likeness (QED) is 0.532. The van der Waals surface area contributed by atoms with Crippen LogP contribution in [0.1, 0.15) is 24.5 Å². The molecule has 3 aromatic rings. The van der Waals surface area contributed by atoms with Gasteiger partial charge in [-0.05, 0) is 60.2 Å². The van der Waals surface area contributed by atoms with Crippen LogP contribution in [-0.4, -0.2) is 29.9 Å². The van der Waals surface area contributed by atoms with Crippen molar-refractivity contribution in [3.05, 3.63) is 95.8 Å². The molecule has 2 atom stereocenters. The van der Waals surface area contributed by atoms with Crippen molar-refractivity contribution in [2.75, 3.05) is 23.7 Å². The van der Waals surface area contributed by atoms with Gasteiger partial charge in [0.1, 0.15) is 5.82 Å². The van der Waals surface area contributed by atoms with Gasteiger partial charge in [0.25, 0.3) is 0 Å². The van der Waals surface area contributed by atoms with Crippen LogP contribution in [0.4, 0.5) is 15.8 Å². The number of nitrogens with one attached hydrogen (secondary N) is 2. The van der Waals surface area contributed by atoms with Crippen molar-refractivity contribution in [1.29, 1.82) is 0 Å². The van der Waals surface area contributed by atoms with Crippen LogP contribution < -0.4 is 10.6 Å². The lowest BCUT2D eigenvalue weighted by molar-refractivity contribution is -0.114. The number of benzene rings is 3. The van der Waals surface area contributed by atoms with E-state index in [9.17, 15) is 9.18 Å². The smallest absolute Gasteiger partial charge is 0.221 e. The highest BCUT2D eigenvalue weighted by Crippen LogP contribution is 2.26. The van der Waals surface area contributed by atoms with E-state index in [1.807, 2.05) is 24.3 Å². The fourth-order valence-electron chi connectivity index (χ4n) is 4.51. The van der Waals surface area contributed by atoms with E-state index in [0.717, 1.165) is 43.9 Å². The number of piperidine rings is 1. The molecule has 0 bridgehead atoms. The number of hydrogen-bond donors (Lipinski definition) is 2. The van der Waals surface area contributed by atoms with E-state index in [2.05, 4.69) is 51.9 Å². The molecule has 166 valence electrons. The Bertz CT molecular complexity index is 1020. The van der Waals surface area contributed by atoms with Gasteiger partial charge >= 0.3 is 0 Å². The molecule has 1 aliphatic rings. The monoisotopic (exact) mass is 431 g/mol. The van der Waals surface area contributed by atoms with Gasteiger partial charge in [-0.1, -0.05) is 48.5 Å². The van der Waals surface area contributed by atoms with Crippen LogP contribution in [0, 0.1) is 11.7 Å². The van der Waals surface area contributed by atoms with Crippen LogP contribution in [0.5, 0.6) is 0 Å². The maximum absolute atomic E-state index is 13.7. The lowest BCUT2D eigenvalue weighted by Gasteiger charge is -2.39. The molecule has 1 fully saturated rings. The molecule has 0 spiro atoms. The van der Waals surface area contributed by atoms with E-state index in [1.54, 1.807) is 12.1 Å². The third-order valence-electron chi connectivity index (χ3n) is 6.02. The number of anilines is 2. The van der Waals surface area contributed by atoms with Crippen LogP contribution in [0.25, 0.3) is 0 Å². The van der Waals surface area contributed by atoms with Crippen molar-refractivity contribution in [3.63, 3.8) is 0 Å². The molecule has 5 heteroatoms. The molecule has 0 radical (unpaired) electrons. The minimum atomic E-state index is -0.213. The second-order valence-electron chi connectivity index (χ2n) is 8.61. The molecule has 4 nitrogen and oxygen atoms in total. The first-order chi connectivity index (χ1) is 15.5. The summed E-state index contributed by atoms with van der Waals surface area (Å²) in [6, 6.07) is 25.7. The second kappa shape index (κ2) is 10.4. The van der Waals surface area contributed by atoms with Gasteiger partial charge in [-0.15, -0.1) is 0 Å². The zero-order valence-electron chi connectivity index (χ0n) is 18.4. The maximum atomic E-state index is 13.7. The van der Waals surface area contributed by atoms with E-state index in [1.165, 1.54) is 24.1 Å². The van der Waals surface area contributed by atoms with Gasteiger partial charge in [0, 0.05) is 44.0 Å². The Balaban J connectivity index is 1.44. The highest BCUT2D eigenvalue weighted by Gasteiger charge is 2.29. The Morgan fingerprint density at radius 2 is 1.75 bits per heavy atom. The van der Waals surface area contributed by atoms with Crippen molar-refractivity contribution in [2.45, 2.75) is 32.4 Å². The first kappa shape index (κ1) is 22.0. The normalized spacial score (nSPS) is 18.8. The lowest BCUT2D eigenvalue weighted by Crippen LogP contribution is -2.46. The molecule has 0 saturated carbocycles. The van der Waals surface area contributed by atoms with E-state index in [0.29, 0.717) is 5.92 Å². The summed E-state index contributed by atoms with van der Waals surface area (Å²) in [6.07, 6.45) is 1.98. The molecular formula is C27H30FN3O. The molecule has 0 aromatic heterocycles. The summed E-state index contributed by atoms with van der Waals surface area (Å²) in [7, 11) is 0. The first-order valence-electron chi connectivity index (χ1n) is 11.2. The fourth-order valence-corrected chi connectivity index (χ4v) is 4.51. The molecule has 2 N–H and O–H groups in total. The van der Waals surface area contributed by atoms with E-state index >= 15 is 0 Å². The van der Waals surface area contributed by atoms with Gasteiger partial charge < -0.3 is 10.6 Å². The summed E-state index contributed by atoms with van der Waals surface area (Å²) in [6.45, 7) is 4.34. The Kier molecular flexibility index (Phi) is 7.17. The number of amides is 1. The van der Waals surface area contributed by atoms with Crippen LogP contribution in [0.15, 0.2) is 78.9 Å². The van der Waals surface area contributed by atoms with Crippen molar-refractivity contribution in [3.8, 4) is 0 Å². The van der Waals surface area contributed by atoms with Crippen LogP contribution >= 0.6 is 0 Å². The molecule has 1 aliphatic heterocycles. The van der Waals surface area contributed by atoms with Crippen molar-refractivity contribution >= 4 is 17.3 Å². The molecular weight excluding hydrogens is 401 g/mol. The second-order valence-corrected chi connectivity index (χ2v) is 8.61. The summed E-state index contributed by atoms with van der Waals surface area (Å²) >= 11 is 0. The number of carbonyl (C=O) groups is 1. The molecule has 1 heterocycles. The summed E-state index contributed by atoms with van der Waals surface area (Å²) in [4.78, 5) is 13.7. The summed E-state index contributed by atoms with van der Waals surface area (Å²) in [5.74, 6) is 0.136. The van der Waals surface area contributed by atoms with Gasteiger partial charge in [0.2, 0.25) is 5.91 Å². The molecule has 32 heavy (non-hydrogen) atoms. The number of halogens is 1. The van der Waals surface area contributed by atoms with Gasteiger partial charge in [0.15, 0.2) is 0 Å². The molecule has 4 rings (SSSR count). The van der Waals surface area contributed by atoms with E-state index < -0.39 is 0 Å². The van der Waals surface area contributed by atoms with Gasteiger partial charge in [-0.2, -0.15) is 0 Å². The molecule has 1 saturated heterocycles. The third-order valence-corrected chi connectivity index (χ3v) is 6.02. The predicted octanol–water partition coefficient (Wildman–Crippen LogP) is 5.33. The number of nitrogens with zero attached hydrogens (tertiary/aromatic N) is 1. The molecule has 0 unspecified atom stereocenters. The van der Waals surface area contributed by atoms with Crippen molar-refractivity contribution in [2.24, 2.45) is 5.92 Å². The highest BCUT2D eigenvalue weighted by atomic mass is 19.1. The number of hydrogen-bond acceptors (Lipinski definition) is 3. The van der Waals surface area contributed by atoms with Gasteiger partial charge in [0.05, 0.1) is 0 Å². The Hall–Kier alpha value is -3.18. The predicted molar refractivity (Wildman–Crippen MR) is 128 cm³/mol. The van der Waals surface area contributed by atoms with Crippen molar-refractivity contribution in [1.82, 2.24) is 4.90 Å². The summed E-state index contributed by atoms with van der Waals surface area (Å²) in [5, 5.41) is 6.41. The minimum Gasteiger partial charge on any atom is -0.382 e. The van der Waals surface area contributed by atoms with E-state index in [-0.39, 0.29) is 17.8 Å². The number of rotatable bonds is 7. The van der Waals surface area contributed by atoms with E-state index in [4.69, 9.17) is 0 Å². The first-order valence-corrected chi connectivity index (χ1v) is 11.2. The minimum absolute atomic E-state index is 0.0608. The standard InChI is InChI=1S/C27H30FN3O/c1-20(32)29-25-12-10-22(11-13-25)18-31-15-14-27(30-26-9-5-8-24(28)17-26)23(19-31)16-21-6-3-2-4-7-21/h2-13,17,23,27,30H,14-16,18-19H2,1H3,(H,29,32)/t23-,27+/m0/s1. The summed E-state index contributed by atoms with van der Waals surface area (Å²) < 4.78 is 13.7. The average Bonchev–Trinajstić information content (AvgIpc) is 2.77. The molecule has 3 aromatic carbocycles. The van der Waals surface area contributed by atoms with Gasteiger partial charge in [-0.25, -0.2) is 4.39 Å². The Labute approximate surface area is 189 Å². The zero-order valence-corrected chi connectivity index (χ0v) is 18.4. The third kappa shape index (κ3) is 6.17. The number of carbonyl (C=O) groups excluding carboxylic acids is 1. The van der Waals surface area contributed by atoms with Crippen LogP contribution in [-0.2, 0) is 17.8 Å². The zero-order chi connectivity index (χ0) is 22.3. The topological polar surface area (TPSA) is 44.4 Å².